The first kappa shape index (κ1) is 99.8. The first-order valence-corrected chi connectivity index (χ1v) is 45.0. The molecule has 0 saturated carbocycles. The third kappa shape index (κ3) is 29.1. The van der Waals surface area contributed by atoms with Crippen LogP contribution in [0.3, 0.4) is 0 Å². The molecule has 37 heteroatoms. The summed E-state index contributed by atoms with van der Waals surface area (Å²) in [4.78, 5) is 158. The number of nitrogens with one attached hydrogen (secondary N) is 7. The Morgan fingerprint density at radius 1 is 0.564 bits per heavy atom. The molecule has 12 N–H and O–H groups in total. The third-order valence-electron chi connectivity index (χ3n) is 22.6. The highest BCUT2D eigenvalue weighted by molar-refractivity contribution is 8.13. The molecule has 15 atom stereocenters. The second-order valence-electron chi connectivity index (χ2n) is 32.1. The van der Waals surface area contributed by atoms with Crippen LogP contribution in [0.5, 0.6) is 0 Å². The molecule has 0 spiro atoms. The number of amides is 9. The Kier molecular flexibility index (Phi) is 38.4. The van der Waals surface area contributed by atoms with E-state index in [-0.39, 0.29) is 97.6 Å². The summed E-state index contributed by atoms with van der Waals surface area (Å²) in [5.41, 5.74) is 13.6. The zero-order valence-electron chi connectivity index (χ0n) is 73.7. The fourth-order valence-electron chi connectivity index (χ4n) is 15.9. The molecule has 7 aromatic carbocycles. The van der Waals surface area contributed by atoms with Crippen molar-refractivity contribution in [1.29, 1.82) is 0 Å². The number of aliphatic hydroxyl groups is 3. The van der Waals surface area contributed by atoms with E-state index in [9.17, 15) is 68.1 Å². The highest BCUT2D eigenvalue weighted by atomic mass is 32.2. The number of nitrogens with two attached hydrogens (primary N) is 1. The number of imidazole rings is 1. The number of esters is 1. The van der Waals surface area contributed by atoms with Crippen molar-refractivity contribution in [3.8, 4) is 11.1 Å². The number of hydrogen-bond acceptors (Lipinski definition) is 27. The zero-order chi connectivity index (χ0) is 94.0. The molecule has 1 aliphatic carbocycles. The molecule has 708 valence electrons. The highest BCUT2D eigenvalue weighted by Gasteiger charge is 2.55. The van der Waals surface area contributed by atoms with Crippen LogP contribution in [0.15, 0.2) is 213 Å². The van der Waals surface area contributed by atoms with Crippen LogP contribution < -0.4 is 43.0 Å². The first-order chi connectivity index (χ1) is 64.6. The van der Waals surface area contributed by atoms with Crippen LogP contribution >= 0.6 is 11.8 Å². The van der Waals surface area contributed by atoms with Crippen molar-refractivity contribution in [2.75, 3.05) is 65.0 Å². The van der Waals surface area contributed by atoms with Crippen LogP contribution in [0.1, 0.15) is 96.5 Å². The van der Waals surface area contributed by atoms with Gasteiger partial charge >= 0.3 is 12.1 Å². The maximum atomic E-state index is 14.9. The van der Waals surface area contributed by atoms with E-state index < -0.39 is 208 Å². The fraction of sp³-hybridized carbons (Fsp3) is 0.417. The lowest BCUT2D eigenvalue weighted by atomic mass is 9.95. The number of hydrogen-bond donors (Lipinski definition) is 11. The number of thioether (sulfide) groups is 1. The summed E-state index contributed by atoms with van der Waals surface area (Å²) < 4.78 is 72.4. The standard InChI is InChI=1S/C96H113N11O25S/c1-3-124-81(113)41-43-133-82(114)47-100-89(116)73(44-66-45-98-58-106(66)59-123-51-62-26-11-5-12-27-62)104-92(119)76-38-23-42-107(76)93(120)72(39-40-79(97)111)103-91(118)74(48-108)102-80(112)46-99-90(117)75(105-96(121)129-55-71-69-36-21-19-34-67(69)68-35-20-22-37-70(68)71)56-128-94-83(101-60(2)110)86(84(115)77(49-109)130-94)132-95-88(127-54-65-32-17-8-18-33-65)87(126-53-64-30-15-7-16-31-64)85(125-52-63-28-13-6-14-29-63)78(131-95)57-122-50-61-24-9-4-10-25-61/h4-22,24-37,45,58,71-78,83-88,94-95,108-109,115H,3,23,38-44,46-57,59H2,1-2H3,(H2,97,111)(H,99,117)(H,100,116)(H,101,110)(H,102,112)(H,103,118)(H,104,119)(H,105,121)/t72-,73-,74-,75-,76-,77+,78+,83+,84-,85-,86+,87-,88+,94-,95-/m0/s1. The predicted octanol–water partition coefficient (Wildman–Crippen LogP) is 4.34. The molecule has 0 radical (unpaired) electrons. The van der Waals surface area contributed by atoms with Gasteiger partial charge in [0.1, 0.15) is 92.3 Å². The Morgan fingerprint density at radius 2 is 1.12 bits per heavy atom. The number of aliphatic hydroxyl groups excluding tert-OH is 3. The van der Waals surface area contributed by atoms with E-state index >= 15 is 0 Å². The van der Waals surface area contributed by atoms with Gasteiger partial charge in [0.05, 0.1) is 91.9 Å². The van der Waals surface area contributed by atoms with Crippen molar-refractivity contribution in [1.82, 2.24) is 51.7 Å². The van der Waals surface area contributed by atoms with Gasteiger partial charge in [0.25, 0.3) is 0 Å². The number of likely N-dealkylation sites (tertiary alicyclic amines) is 1. The second-order valence-corrected chi connectivity index (χ2v) is 33.2. The summed E-state index contributed by atoms with van der Waals surface area (Å²) in [5.74, 6) is -8.44. The molecule has 12 rings (SSSR count). The van der Waals surface area contributed by atoms with Gasteiger partial charge in [0, 0.05) is 49.9 Å². The van der Waals surface area contributed by atoms with Gasteiger partial charge in [-0.2, -0.15) is 0 Å². The van der Waals surface area contributed by atoms with Gasteiger partial charge in [-0.05, 0) is 76.3 Å². The van der Waals surface area contributed by atoms with Crippen molar-refractivity contribution in [3.05, 3.63) is 257 Å². The molecular formula is C96H113N11O25S. The van der Waals surface area contributed by atoms with Crippen LogP contribution in [-0.2, 0) is 146 Å². The van der Waals surface area contributed by atoms with Crippen molar-refractivity contribution in [2.45, 2.75) is 190 Å². The summed E-state index contributed by atoms with van der Waals surface area (Å²) in [5, 5.41) is 51.8. The van der Waals surface area contributed by atoms with Crippen LogP contribution in [0.25, 0.3) is 11.1 Å². The molecule has 0 bridgehead atoms. The molecule has 133 heavy (non-hydrogen) atoms. The molecular weight excluding hydrogens is 1740 g/mol. The molecule has 3 fully saturated rings. The van der Waals surface area contributed by atoms with Crippen molar-refractivity contribution in [2.24, 2.45) is 5.73 Å². The molecule has 4 heterocycles. The van der Waals surface area contributed by atoms with Crippen molar-refractivity contribution < 1.29 is 120 Å². The topological polar surface area (TPSA) is 481 Å². The van der Waals surface area contributed by atoms with E-state index in [1.165, 1.54) is 19.4 Å². The summed E-state index contributed by atoms with van der Waals surface area (Å²) in [6, 6.07) is 52.3. The monoisotopic (exact) mass is 1850 g/mol. The Morgan fingerprint density at radius 3 is 1.71 bits per heavy atom. The fourth-order valence-corrected chi connectivity index (χ4v) is 16.6. The Hall–Kier alpha value is -12.2. The maximum absolute atomic E-state index is 14.9. The molecule has 1 aromatic heterocycles. The normalized spacial score (nSPS) is 20.5. The molecule has 3 aliphatic heterocycles. The smallest absolute Gasteiger partial charge is 0.407 e. The minimum Gasteiger partial charge on any atom is -0.466 e. The van der Waals surface area contributed by atoms with Gasteiger partial charge in [0.2, 0.25) is 52.4 Å². The molecule has 36 nitrogen and oxygen atoms in total. The number of alkyl carbamates (subject to hydrolysis) is 1. The summed E-state index contributed by atoms with van der Waals surface area (Å²) in [6.07, 6.45) is -11.9. The first-order valence-electron chi connectivity index (χ1n) is 44.0. The van der Waals surface area contributed by atoms with E-state index in [4.69, 9.17) is 57.8 Å². The number of benzene rings is 7. The van der Waals surface area contributed by atoms with Crippen LogP contribution in [0.4, 0.5) is 4.79 Å². The molecule has 3 saturated heterocycles. The molecule has 4 aliphatic rings. The second kappa shape index (κ2) is 51.1. The van der Waals surface area contributed by atoms with Crippen molar-refractivity contribution in [3.63, 3.8) is 0 Å². The third-order valence-corrected chi connectivity index (χ3v) is 23.5. The lowest BCUT2D eigenvalue weighted by molar-refractivity contribution is -0.359. The minimum atomic E-state index is -1.88. The maximum Gasteiger partial charge on any atom is 0.407 e. The number of aromatic nitrogens is 2. The van der Waals surface area contributed by atoms with Crippen molar-refractivity contribution >= 4 is 76.2 Å². The van der Waals surface area contributed by atoms with Gasteiger partial charge in [-0.3, -0.25) is 47.9 Å². The van der Waals surface area contributed by atoms with E-state index in [0.29, 0.717) is 5.69 Å². The zero-order valence-corrected chi connectivity index (χ0v) is 74.5. The van der Waals surface area contributed by atoms with Gasteiger partial charge in [-0.15, -0.1) is 0 Å². The van der Waals surface area contributed by atoms with Crippen LogP contribution in [-0.4, -0.2) is 251 Å². The SMILES string of the molecule is CCOC(=O)CCSC(=O)CNC(=O)[C@H](Cc1cncn1COCc1ccccc1)NC(=O)[C@@H]1CCCN1C(=O)[C@H](CCC(N)=O)NC(=O)[C@H](CO)NC(=O)CNC(=O)[C@H](CO[C@H]1O[C@H](CO)[C@H](O)[C@H](O[C@@H]2O[C@H](COCc3ccccc3)[C@H](OCc3ccccc3)[C@H](OCc3ccccc3)[C@H]2OCc2ccccc2)[C@H]1NC(C)=O)NC(=O)OCC1c2ccccc2-c2ccccc21. The van der Waals surface area contributed by atoms with Crippen LogP contribution in [0, 0.1) is 0 Å². The molecule has 8 aromatic rings. The lowest BCUT2D eigenvalue weighted by Crippen LogP contribution is -2.68. The number of carbonyl (C=O) groups excluding carboxylic acids is 11. The largest absolute Gasteiger partial charge is 0.466 e. The average molecular weight is 1850 g/mol. The highest BCUT2D eigenvalue weighted by Crippen LogP contribution is 2.45. The van der Waals surface area contributed by atoms with E-state index in [2.05, 4.69) is 42.2 Å². The number of fused-ring (bicyclic) bond motifs is 3. The Labute approximate surface area is 773 Å². The number of carbonyl (C=O) groups is 11. The van der Waals surface area contributed by atoms with Gasteiger partial charge in [0.15, 0.2) is 12.6 Å². The quantitative estimate of drug-likeness (QED) is 0.0236. The van der Waals surface area contributed by atoms with Crippen LogP contribution in [0.2, 0.25) is 0 Å². The number of nitrogens with zero attached hydrogens (tertiary/aromatic N) is 3. The molecule has 9 amide bonds. The van der Waals surface area contributed by atoms with Gasteiger partial charge in [-0.1, -0.05) is 212 Å². The average Bonchev–Trinajstić information content (AvgIpc) is 1.67. The van der Waals surface area contributed by atoms with E-state index in [1.807, 2.05) is 200 Å². The number of primary amides is 1. The summed E-state index contributed by atoms with van der Waals surface area (Å²) in [6.45, 7) is -1.43. The Balaban J connectivity index is 0.761. The Bertz CT molecular complexity index is 5090. The van der Waals surface area contributed by atoms with Gasteiger partial charge in [-0.25, -0.2) is 9.78 Å². The molecule has 0 unspecified atom stereocenters. The number of ether oxygens (including phenoxy) is 11. The summed E-state index contributed by atoms with van der Waals surface area (Å²) >= 11 is 0.795. The van der Waals surface area contributed by atoms with E-state index in [1.54, 1.807) is 11.5 Å². The lowest BCUT2D eigenvalue weighted by Gasteiger charge is -2.49. The van der Waals surface area contributed by atoms with E-state index in [0.717, 1.165) is 66.7 Å². The number of rotatable bonds is 49. The summed E-state index contributed by atoms with van der Waals surface area (Å²) in [7, 11) is 0. The van der Waals surface area contributed by atoms with Gasteiger partial charge < -0.3 is 120 Å². The minimum absolute atomic E-state index is 0.0150. The predicted molar refractivity (Wildman–Crippen MR) is 480 cm³/mol.